The fourth-order valence-corrected chi connectivity index (χ4v) is 4.37. The summed E-state index contributed by atoms with van der Waals surface area (Å²) in [6.45, 7) is 2.73. The number of hydrogen-bond acceptors (Lipinski definition) is 4. The van der Waals surface area contributed by atoms with Gasteiger partial charge in [0.05, 0.1) is 18.6 Å². The lowest BCUT2D eigenvalue weighted by Gasteiger charge is -2.23. The van der Waals surface area contributed by atoms with Crippen LogP contribution >= 0.6 is 0 Å². The van der Waals surface area contributed by atoms with Crippen LogP contribution in [0.3, 0.4) is 0 Å². The summed E-state index contributed by atoms with van der Waals surface area (Å²) in [5, 5.41) is 4.55. The van der Waals surface area contributed by atoms with E-state index in [2.05, 4.69) is 5.32 Å². The molecule has 0 bridgehead atoms. The van der Waals surface area contributed by atoms with Gasteiger partial charge in [-0.2, -0.15) is 0 Å². The number of nitrogens with one attached hydrogen (secondary N) is 1. The van der Waals surface area contributed by atoms with E-state index in [1.807, 2.05) is 61.5 Å². The van der Waals surface area contributed by atoms with Gasteiger partial charge in [0.15, 0.2) is 0 Å². The Hall–Kier alpha value is -3.06. The number of carbonyl (C=O) groups is 1. The summed E-state index contributed by atoms with van der Waals surface area (Å²) in [5.41, 5.74) is 1.59. The van der Waals surface area contributed by atoms with E-state index in [0.717, 1.165) is 45.5 Å². The van der Waals surface area contributed by atoms with E-state index in [-0.39, 0.29) is 12.5 Å². The molecule has 31 heavy (non-hydrogen) atoms. The largest absolute Gasteiger partial charge is 0.494 e. The number of ether oxygens (including phenoxy) is 1. The number of sulfonamides is 1. The van der Waals surface area contributed by atoms with Gasteiger partial charge in [0.25, 0.3) is 0 Å². The first-order valence-electron chi connectivity index (χ1n) is 10.3. The molecule has 0 atom stereocenters. The molecule has 3 aromatic carbocycles. The molecule has 0 saturated heterocycles. The monoisotopic (exact) mass is 440 g/mol. The molecule has 0 aliphatic rings. The highest BCUT2D eigenvalue weighted by Crippen LogP contribution is 2.28. The average Bonchev–Trinajstić information content (AvgIpc) is 2.75. The number of nitrogens with zero attached hydrogens (tertiary/aromatic N) is 1. The van der Waals surface area contributed by atoms with Gasteiger partial charge < -0.3 is 10.1 Å². The number of aryl methyl sites for hydroxylation is 1. The molecule has 0 aliphatic heterocycles. The third-order valence-corrected chi connectivity index (χ3v) is 6.07. The maximum atomic E-state index is 12.5. The molecule has 0 unspecified atom stereocenters. The summed E-state index contributed by atoms with van der Waals surface area (Å²) in [7, 11) is -3.63. The van der Waals surface area contributed by atoms with Gasteiger partial charge in [-0.05, 0) is 42.8 Å². The van der Waals surface area contributed by atoms with Crippen molar-refractivity contribution in [1.82, 2.24) is 5.32 Å². The zero-order valence-corrected chi connectivity index (χ0v) is 18.7. The summed E-state index contributed by atoms with van der Waals surface area (Å²) in [4.78, 5) is 12.5. The molecule has 0 aliphatic carbocycles. The number of fused-ring (bicyclic) bond motifs is 1. The molecule has 1 N–H and O–H groups in total. The van der Waals surface area contributed by atoms with Gasteiger partial charge in [0.1, 0.15) is 12.3 Å². The Kier molecular flexibility index (Phi) is 7.52. The van der Waals surface area contributed by atoms with Gasteiger partial charge in [0.2, 0.25) is 15.9 Å². The van der Waals surface area contributed by atoms with E-state index in [1.165, 1.54) is 0 Å². The summed E-state index contributed by atoms with van der Waals surface area (Å²) < 4.78 is 31.7. The zero-order valence-electron chi connectivity index (χ0n) is 17.9. The first-order valence-corrected chi connectivity index (χ1v) is 12.2. The second kappa shape index (κ2) is 10.3. The Labute approximate surface area is 183 Å². The predicted molar refractivity (Wildman–Crippen MR) is 125 cm³/mol. The van der Waals surface area contributed by atoms with Crippen molar-refractivity contribution >= 4 is 32.4 Å². The number of para-hydroxylation sites is 1. The van der Waals surface area contributed by atoms with Crippen LogP contribution in [0.15, 0.2) is 66.7 Å². The Bertz CT molecular complexity index is 1140. The van der Waals surface area contributed by atoms with Crippen molar-refractivity contribution in [3.63, 3.8) is 0 Å². The van der Waals surface area contributed by atoms with Gasteiger partial charge in [-0.25, -0.2) is 8.42 Å². The van der Waals surface area contributed by atoms with E-state index in [0.29, 0.717) is 18.8 Å². The normalized spacial score (nSPS) is 11.3. The summed E-state index contributed by atoms with van der Waals surface area (Å²) in [6, 6.07) is 20.8. The van der Waals surface area contributed by atoms with Crippen molar-refractivity contribution < 1.29 is 17.9 Å². The maximum Gasteiger partial charge on any atom is 0.240 e. The molecule has 6 nitrogen and oxygen atoms in total. The Morgan fingerprint density at radius 2 is 1.71 bits per heavy atom. The van der Waals surface area contributed by atoms with Crippen LogP contribution in [-0.2, 0) is 21.2 Å². The van der Waals surface area contributed by atoms with Crippen molar-refractivity contribution in [2.75, 3.05) is 30.3 Å². The third kappa shape index (κ3) is 5.98. The van der Waals surface area contributed by atoms with Crippen LogP contribution in [0.4, 0.5) is 5.69 Å². The average molecular weight is 441 g/mol. The lowest BCUT2D eigenvalue weighted by atomic mass is 10.1. The van der Waals surface area contributed by atoms with Crippen LogP contribution in [0.5, 0.6) is 5.75 Å². The van der Waals surface area contributed by atoms with E-state index < -0.39 is 10.0 Å². The minimum absolute atomic E-state index is 0.262. The quantitative estimate of drug-likeness (QED) is 0.487. The van der Waals surface area contributed by atoms with Crippen LogP contribution in [0.25, 0.3) is 10.8 Å². The smallest absolute Gasteiger partial charge is 0.240 e. The van der Waals surface area contributed by atoms with Crippen LogP contribution in [0, 0.1) is 0 Å². The fraction of sp³-hybridized carbons (Fsp3) is 0.292. The van der Waals surface area contributed by atoms with E-state index >= 15 is 0 Å². The Morgan fingerprint density at radius 1 is 1.00 bits per heavy atom. The van der Waals surface area contributed by atoms with Crippen LogP contribution < -0.4 is 14.4 Å². The van der Waals surface area contributed by atoms with Gasteiger partial charge in [-0.1, -0.05) is 54.6 Å². The summed E-state index contributed by atoms with van der Waals surface area (Å²) in [6.07, 6.45) is 2.60. The zero-order chi connectivity index (χ0) is 22.3. The predicted octanol–water partition coefficient (Wildman–Crippen LogP) is 3.75. The molecule has 3 rings (SSSR count). The summed E-state index contributed by atoms with van der Waals surface area (Å²) in [5.74, 6) is 0.520. The number of anilines is 1. The van der Waals surface area contributed by atoms with Crippen molar-refractivity contribution in [3.05, 3.63) is 72.3 Å². The summed E-state index contributed by atoms with van der Waals surface area (Å²) >= 11 is 0. The van der Waals surface area contributed by atoms with E-state index in [9.17, 15) is 13.2 Å². The van der Waals surface area contributed by atoms with Crippen LogP contribution in [0.2, 0.25) is 0 Å². The van der Waals surface area contributed by atoms with Gasteiger partial charge in [0, 0.05) is 11.9 Å². The molecule has 0 aromatic heterocycles. The number of hydrogen-bond donors (Lipinski definition) is 1. The minimum atomic E-state index is -3.63. The maximum absolute atomic E-state index is 12.5. The second-order valence-electron chi connectivity index (χ2n) is 7.26. The molecular weight excluding hydrogens is 412 g/mol. The van der Waals surface area contributed by atoms with E-state index in [1.54, 1.807) is 12.1 Å². The molecule has 1 amide bonds. The lowest BCUT2D eigenvalue weighted by molar-refractivity contribution is -0.119. The molecule has 0 fully saturated rings. The number of benzene rings is 3. The highest BCUT2D eigenvalue weighted by Gasteiger charge is 2.22. The SMILES string of the molecule is CCOc1ccccc1CCCNC(=O)CN(c1cccc2ccccc12)S(C)(=O)=O. The Morgan fingerprint density at radius 3 is 2.48 bits per heavy atom. The Balaban J connectivity index is 1.63. The van der Waals surface area contributed by atoms with Crippen LogP contribution in [-0.4, -0.2) is 40.3 Å². The van der Waals surface area contributed by atoms with Gasteiger partial charge in [-0.3, -0.25) is 9.10 Å². The lowest BCUT2D eigenvalue weighted by Crippen LogP contribution is -2.40. The van der Waals surface area contributed by atoms with Crippen molar-refractivity contribution in [2.45, 2.75) is 19.8 Å². The second-order valence-corrected chi connectivity index (χ2v) is 9.17. The van der Waals surface area contributed by atoms with Crippen molar-refractivity contribution in [2.24, 2.45) is 0 Å². The third-order valence-electron chi connectivity index (χ3n) is 4.94. The number of carbonyl (C=O) groups excluding carboxylic acids is 1. The minimum Gasteiger partial charge on any atom is -0.494 e. The fourth-order valence-electron chi connectivity index (χ4n) is 3.51. The van der Waals surface area contributed by atoms with E-state index in [4.69, 9.17) is 4.74 Å². The first-order chi connectivity index (χ1) is 14.9. The molecule has 0 saturated carbocycles. The number of rotatable bonds is 10. The molecule has 164 valence electrons. The number of amides is 1. The van der Waals surface area contributed by atoms with Crippen LogP contribution in [0.1, 0.15) is 18.9 Å². The molecule has 0 radical (unpaired) electrons. The molecule has 7 heteroatoms. The first kappa shape index (κ1) is 22.6. The van der Waals surface area contributed by atoms with Gasteiger partial charge in [-0.15, -0.1) is 0 Å². The highest BCUT2D eigenvalue weighted by molar-refractivity contribution is 7.92. The van der Waals surface area contributed by atoms with Gasteiger partial charge >= 0.3 is 0 Å². The molecule has 3 aromatic rings. The van der Waals surface area contributed by atoms with Crippen molar-refractivity contribution in [1.29, 1.82) is 0 Å². The molecular formula is C24H28N2O4S. The standard InChI is InChI=1S/C24H28N2O4S/c1-3-30-23-16-7-5-11-20(23)13-9-17-25-24(27)18-26(31(2,28)29)22-15-8-12-19-10-4-6-14-21(19)22/h4-8,10-12,14-16H,3,9,13,17-18H2,1-2H3,(H,25,27). The molecule has 0 spiro atoms. The topological polar surface area (TPSA) is 75.7 Å². The highest BCUT2D eigenvalue weighted by atomic mass is 32.2. The van der Waals surface area contributed by atoms with Crippen molar-refractivity contribution in [3.8, 4) is 5.75 Å². The molecule has 0 heterocycles.